The average Bonchev–Trinajstić information content (AvgIpc) is 2.91. The summed E-state index contributed by atoms with van der Waals surface area (Å²) in [5, 5.41) is 11.1. The van der Waals surface area contributed by atoms with Gasteiger partial charge in [-0.15, -0.1) is 0 Å². The first-order valence-electron chi connectivity index (χ1n) is 7.84. The van der Waals surface area contributed by atoms with Crippen molar-refractivity contribution >= 4 is 16.5 Å². The number of anilines is 1. The average molecular weight is 314 g/mol. The minimum Gasteiger partial charge on any atom is -0.388 e. The van der Waals surface area contributed by atoms with Crippen LogP contribution in [0.3, 0.4) is 0 Å². The predicted octanol–water partition coefficient (Wildman–Crippen LogP) is 2.39. The standard InChI is InChI=1S/C15H26N2O3S/c1-3-19-10-8-17(9-11-20-4-2)15-16-12-6-5-7-13(18)14(12)21-15/h13,18H,3-11H2,1-2H3. The number of aromatic nitrogens is 1. The molecule has 0 saturated heterocycles. The minimum atomic E-state index is -0.333. The molecule has 2 rings (SSSR count). The van der Waals surface area contributed by atoms with Gasteiger partial charge in [0.25, 0.3) is 0 Å². The second-order valence-electron chi connectivity index (χ2n) is 5.10. The van der Waals surface area contributed by atoms with Crippen molar-refractivity contribution in [3.63, 3.8) is 0 Å². The van der Waals surface area contributed by atoms with Crippen LogP contribution in [-0.2, 0) is 15.9 Å². The van der Waals surface area contributed by atoms with E-state index in [9.17, 15) is 5.11 Å². The lowest BCUT2D eigenvalue weighted by molar-refractivity contribution is 0.141. The highest BCUT2D eigenvalue weighted by atomic mass is 32.1. The van der Waals surface area contributed by atoms with E-state index in [1.807, 2.05) is 13.8 Å². The molecule has 0 radical (unpaired) electrons. The van der Waals surface area contributed by atoms with Gasteiger partial charge in [-0.05, 0) is 33.1 Å². The summed E-state index contributed by atoms with van der Waals surface area (Å²) in [7, 11) is 0. The maximum absolute atomic E-state index is 10.1. The Hall–Kier alpha value is -0.690. The van der Waals surface area contributed by atoms with Gasteiger partial charge in [-0.2, -0.15) is 0 Å². The van der Waals surface area contributed by atoms with E-state index in [-0.39, 0.29) is 6.10 Å². The van der Waals surface area contributed by atoms with E-state index in [1.165, 1.54) is 0 Å². The molecule has 1 unspecified atom stereocenters. The number of hydrogen-bond donors (Lipinski definition) is 1. The lowest BCUT2D eigenvalue weighted by Crippen LogP contribution is -2.31. The van der Waals surface area contributed by atoms with Crippen LogP contribution in [-0.4, -0.2) is 49.6 Å². The molecule has 0 saturated carbocycles. The molecular weight excluding hydrogens is 288 g/mol. The van der Waals surface area contributed by atoms with Crippen molar-refractivity contribution in [2.24, 2.45) is 0 Å². The smallest absolute Gasteiger partial charge is 0.186 e. The van der Waals surface area contributed by atoms with Crippen LogP contribution in [0.15, 0.2) is 0 Å². The molecule has 6 heteroatoms. The number of ether oxygens (including phenoxy) is 2. The fourth-order valence-electron chi connectivity index (χ4n) is 2.46. The van der Waals surface area contributed by atoms with Gasteiger partial charge in [-0.25, -0.2) is 4.98 Å². The van der Waals surface area contributed by atoms with E-state index in [2.05, 4.69) is 4.90 Å². The first-order chi connectivity index (χ1) is 10.3. The molecule has 5 nitrogen and oxygen atoms in total. The van der Waals surface area contributed by atoms with Gasteiger partial charge in [0.15, 0.2) is 5.13 Å². The Kier molecular flexibility index (Phi) is 6.89. The predicted molar refractivity (Wildman–Crippen MR) is 85.2 cm³/mol. The summed E-state index contributed by atoms with van der Waals surface area (Å²) in [4.78, 5) is 7.99. The van der Waals surface area contributed by atoms with Crippen molar-refractivity contribution in [1.29, 1.82) is 0 Å². The monoisotopic (exact) mass is 314 g/mol. The summed E-state index contributed by atoms with van der Waals surface area (Å²) in [5.74, 6) is 0. The number of aryl methyl sites for hydroxylation is 1. The van der Waals surface area contributed by atoms with E-state index in [1.54, 1.807) is 11.3 Å². The van der Waals surface area contributed by atoms with Crippen LogP contribution in [0, 0.1) is 0 Å². The third-order valence-electron chi connectivity index (χ3n) is 3.60. The summed E-state index contributed by atoms with van der Waals surface area (Å²) >= 11 is 1.62. The van der Waals surface area contributed by atoms with Gasteiger partial charge in [-0.1, -0.05) is 11.3 Å². The van der Waals surface area contributed by atoms with E-state index in [0.717, 1.165) is 61.3 Å². The molecule has 1 aliphatic rings. The fourth-order valence-corrected chi connectivity index (χ4v) is 3.64. The second-order valence-corrected chi connectivity index (χ2v) is 6.11. The van der Waals surface area contributed by atoms with Crippen molar-refractivity contribution in [2.75, 3.05) is 44.4 Å². The first-order valence-corrected chi connectivity index (χ1v) is 8.66. The number of aliphatic hydroxyl groups is 1. The zero-order valence-corrected chi connectivity index (χ0v) is 13.8. The van der Waals surface area contributed by atoms with Crippen molar-refractivity contribution in [1.82, 2.24) is 4.98 Å². The zero-order chi connectivity index (χ0) is 15.1. The molecule has 1 aromatic heterocycles. The van der Waals surface area contributed by atoms with E-state index in [4.69, 9.17) is 14.5 Å². The number of hydrogen-bond acceptors (Lipinski definition) is 6. The van der Waals surface area contributed by atoms with Gasteiger partial charge < -0.3 is 19.5 Å². The molecule has 21 heavy (non-hydrogen) atoms. The molecule has 0 fully saturated rings. The molecular formula is C15H26N2O3S. The highest BCUT2D eigenvalue weighted by Gasteiger charge is 2.24. The maximum atomic E-state index is 10.1. The minimum absolute atomic E-state index is 0.333. The molecule has 0 amide bonds. The van der Waals surface area contributed by atoms with E-state index >= 15 is 0 Å². The third kappa shape index (κ3) is 4.64. The van der Waals surface area contributed by atoms with Gasteiger partial charge in [0, 0.05) is 26.3 Å². The van der Waals surface area contributed by atoms with Crippen molar-refractivity contribution in [3.8, 4) is 0 Å². The Balaban J connectivity index is 2.03. The van der Waals surface area contributed by atoms with Crippen LogP contribution in [0.2, 0.25) is 0 Å². The molecule has 1 atom stereocenters. The molecule has 1 N–H and O–H groups in total. The SMILES string of the molecule is CCOCCN(CCOCC)c1nc2c(s1)C(O)CCC2. The summed E-state index contributed by atoms with van der Waals surface area (Å²) in [6.07, 6.45) is 2.52. The zero-order valence-electron chi connectivity index (χ0n) is 13.0. The Bertz CT molecular complexity index is 415. The highest BCUT2D eigenvalue weighted by molar-refractivity contribution is 7.15. The molecule has 1 aromatic rings. The van der Waals surface area contributed by atoms with Crippen LogP contribution in [0.5, 0.6) is 0 Å². The van der Waals surface area contributed by atoms with Gasteiger partial charge in [0.05, 0.1) is 29.9 Å². The highest BCUT2D eigenvalue weighted by Crippen LogP contribution is 2.37. The van der Waals surface area contributed by atoms with Crippen LogP contribution < -0.4 is 4.90 Å². The van der Waals surface area contributed by atoms with Crippen LogP contribution in [0.1, 0.15) is 43.4 Å². The Labute approximate surface area is 130 Å². The Morgan fingerprint density at radius 2 is 1.90 bits per heavy atom. The number of rotatable bonds is 9. The van der Waals surface area contributed by atoms with Gasteiger partial charge in [0.1, 0.15) is 0 Å². The molecule has 0 aliphatic heterocycles. The van der Waals surface area contributed by atoms with Gasteiger partial charge >= 0.3 is 0 Å². The largest absolute Gasteiger partial charge is 0.388 e. The normalized spacial score (nSPS) is 17.8. The molecule has 120 valence electrons. The van der Waals surface area contributed by atoms with Crippen molar-refractivity contribution in [3.05, 3.63) is 10.6 Å². The molecule has 1 heterocycles. The van der Waals surface area contributed by atoms with Crippen LogP contribution in [0.4, 0.5) is 5.13 Å². The number of nitrogens with zero attached hydrogens (tertiary/aromatic N) is 2. The lowest BCUT2D eigenvalue weighted by atomic mass is 10.0. The first kappa shape index (κ1) is 16.7. The van der Waals surface area contributed by atoms with Crippen molar-refractivity contribution in [2.45, 2.75) is 39.2 Å². The quantitative estimate of drug-likeness (QED) is 0.709. The Morgan fingerprint density at radius 3 is 2.48 bits per heavy atom. The molecule has 0 spiro atoms. The molecule has 0 aromatic carbocycles. The van der Waals surface area contributed by atoms with Gasteiger partial charge in [0.2, 0.25) is 0 Å². The topological polar surface area (TPSA) is 54.8 Å². The number of fused-ring (bicyclic) bond motifs is 1. The molecule has 0 bridgehead atoms. The van der Waals surface area contributed by atoms with Crippen LogP contribution in [0.25, 0.3) is 0 Å². The van der Waals surface area contributed by atoms with Crippen molar-refractivity contribution < 1.29 is 14.6 Å². The summed E-state index contributed by atoms with van der Waals surface area (Å²) in [5.41, 5.74) is 1.08. The van der Waals surface area contributed by atoms with Gasteiger partial charge in [-0.3, -0.25) is 0 Å². The maximum Gasteiger partial charge on any atom is 0.186 e. The number of aliphatic hydroxyl groups excluding tert-OH is 1. The fraction of sp³-hybridized carbons (Fsp3) is 0.800. The third-order valence-corrected chi connectivity index (χ3v) is 4.86. The summed E-state index contributed by atoms with van der Waals surface area (Å²) in [6, 6.07) is 0. The van der Waals surface area contributed by atoms with E-state index < -0.39 is 0 Å². The Morgan fingerprint density at radius 1 is 1.24 bits per heavy atom. The second kappa shape index (κ2) is 8.68. The lowest BCUT2D eigenvalue weighted by Gasteiger charge is -2.21. The summed E-state index contributed by atoms with van der Waals surface area (Å²) in [6.45, 7) is 8.46. The summed E-state index contributed by atoms with van der Waals surface area (Å²) < 4.78 is 10.9. The van der Waals surface area contributed by atoms with Crippen LogP contribution >= 0.6 is 11.3 Å². The number of thiazole rings is 1. The molecule has 1 aliphatic carbocycles. The van der Waals surface area contributed by atoms with E-state index in [0.29, 0.717) is 13.2 Å².